The van der Waals surface area contributed by atoms with Gasteiger partial charge >= 0.3 is 11.9 Å². The van der Waals surface area contributed by atoms with Gasteiger partial charge in [0, 0.05) is 11.3 Å². The number of anilines is 1. The highest BCUT2D eigenvalue weighted by Crippen LogP contribution is 2.39. The number of carboxylic acids is 2. The molecule has 0 aliphatic carbocycles. The van der Waals surface area contributed by atoms with E-state index in [2.05, 4.69) is 5.32 Å². The van der Waals surface area contributed by atoms with Crippen LogP contribution in [0, 0.1) is 0 Å². The smallest absolute Gasteiger partial charge is 0.335 e. The molecule has 0 fully saturated rings. The fourth-order valence-electron chi connectivity index (χ4n) is 2.67. The van der Waals surface area contributed by atoms with Gasteiger partial charge in [0.05, 0.1) is 30.9 Å². The third-order valence-electron chi connectivity index (χ3n) is 3.86. The highest BCUT2D eigenvalue weighted by atomic mass is 16.5. The van der Waals surface area contributed by atoms with E-state index in [1.165, 1.54) is 24.3 Å². The van der Waals surface area contributed by atoms with Crippen LogP contribution in [0.3, 0.4) is 0 Å². The fraction of sp³-hybridized carbons (Fsp3) is 0.286. The molecule has 0 aromatic heterocycles. The fourth-order valence-corrected chi connectivity index (χ4v) is 2.67. The van der Waals surface area contributed by atoms with Crippen LogP contribution in [0.1, 0.15) is 51.8 Å². The quantitative estimate of drug-likeness (QED) is 0.535. The van der Waals surface area contributed by atoms with Crippen molar-refractivity contribution < 1.29 is 38.8 Å². The van der Waals surface area contributed by atoms with Gasteiger partial charge in [-0.2, -0.15) is 0 Å². The van der Waals surface area contributed by atoms with Crippen molar-refractivity contribution in [3.63, 3.8) is 0 Å². The number of carbonyl (C=O) groups excluding carboxylic acids is 1. The summed E-state index contributed by atoms with van der Waals surface area (Å²) in [5.41, 5.74) is -0.325. The predicted octanol–water partition coefficient (Wildman–Crippen LogP) is 3.53. The molecule has 0 radical (unpaired) electrons. The predicted molar refractivity (Wildman–Crippen MR) is 108 cm³/mol. The number of amides is 1. The van der Waals surface area contributed by atoms with Crippen molar-refractivity contribution in [1.82, 2.24) is 0 Å². The Morgan fingerprint density at radius 2 is 1.20 bits per heavy atom. The van der Waals surface area contributed by atoms with Crippen LogP contribution in [-0.2, 0) is 0 Å². The second-order valence-corrected chi connectivity index (χ2v) is 5.96. The van der Waals surface area contributed by atoms with Crippen LogP contribution in [0.5, 0.6) is 17.2 Å². The van der Waals surface area contributed by atoms with Crippen molar-refractivity contribution in [1.29, 1.82) is 0 Å². The molecule has 0 unspecified atom stereocenters. The summed E-state index contributed by atoms with van der Waals surface area (Å²) in [5.74, 6) is -2.21. The summed E-state index contributed by atoms with van der Waals surface area (Å²) in [6, 6.07) is 6.32. The molecule has 0 heterocycles. The number of carboxylic acid groups (broad SMARTS) is 2. The van der Waals surface area contributed by atoms with E-state index >= 15 is 0 Å². The zero-order valence-electron chi connectivity index (χ0n) is 16.9. The first-order chi connectivity index (χ1) is 14.3. The van der Waals surface area contributed by atoms with Gasteiger partial charge < -0.3 is 29.7 Å². The van der Waals surface area contributed by atoms with Gasteiger partial charge in [0.15, 0.2) is 11.5 Å². The molecular weight excluding hydrogens is 394 g/mol. The lowest BCUT2D eigenvalue weighted by Gasteiger charge is -2.17. The average Bonchev–Trinajstić information content (AvgIpc) is 2.70. The standard InChI is InChI=1S/C21H23NO8/c1-4-28-16-10-12(11-17(29-5-2)18(16)30-6-3)19(23)22-15-8-13(20(24)25)7-14(9-15)21(26)27/h7-11H,4-6H2,1-3H3,(H,22,23)(H,24,25)(H,26,27). The largest absolute Gasteiger partial charge is 0.490 e. The molecule has 2 rings (SSSR count). The van der Waals surface area contributed by atoms with E-state index in [1.54, 1.807) is 13.8 Å². The third kappa shape index (κ3) is 5.40. The molecule has 0 spiro atoms. The molecule has 9 nitrogen and oxygen atoms in total. The van der Waals surface area contributed by atoms with E-state index in [0.29, 0.717) is 37.1 Å². The van der Waals surface area contributed by atoms with Gasteiger partial charge in [-0.15, -0.1) is 0 Å². The van der Waals surface area contributed by atoms with Crippen LogP contribution in [0.25, 0.3) is 0 Å². The van der Waals surface area contributed by atoms with E-state index in [-0.39, 0.29) is 22.4 Å². The van der Waals surface area contributed by atoms with Gasteiger partial charge in [-0.25, -0.2) is 9.59 Å². The number of ether oxygens (including phenoxy) is 3. The first-order valence-electron chi connectivity index (χ1n) is 9.30. The third-order valence-corrected chi connectivity index (χ3v) is 3.86. The van der Waals surface area contributed by atoms with Crippen LogP contribution in [0.2, 0.25) is 0 Å². The summed E-state index contributed by atoms with van der Waals surface area (Å²) < 4.78 is 16.8. The number of aromatic carboxylic acids is 2. The highest BCUT2D eigenvalue weighted by Gasteiger charge is 2.19. The molecule has 160 valence electrons. The van der Waals surface area contributed by atoms with Crippen LogP contribution >= 0.6 is 0 Å². The number of rotatable bonds is 10. The lowest BCUT2D eigenvalue weighted by Crippen LogP contribution is -2.14. The minimum atomic E-state index is -1.31. The van der Waals surface area contributed by atoms with Gasteiger partial charge in [0.2, 0.25) is 5.75 Å². The molecule has 0 aliphatic heterocycles. The van der Waals surface area contributed by atoms with E-state index in [9.17, 15) is 24.6 Å². The maximum atomic E-state index is 12.8. The highest BCUT2D eigenvalue weighted by molar-refractivity contribution is 6.06. The zero-order chi connectivity index (χ0) is 22.3. The normalized spacial score (nSPS) is 10.2. The Morgan fingerprint density at radius 3 is 1.60 bits per heavy atom. The maximum absolute atomic E-state index is 12.8. The van der Waals surface area contributed by atoms with Crippen molar-refractivity contribution in [3.8, 4) is 17.2 Å². The summed E-state index contributed by atoms with van der Waals surface area (Å²) in [4.78, 5) is 35.3. The number of nitrogens with one attached hydrogen (secondary N) is 1. The molecular formula is C21H23NO8. The van der Waals surface area contributed by atoms with Crippen molar-refractivity contribution in [3.05, 3.63) is 47.0 Å². The summed E-state index contributed by atoms with van der Waals surface area (Å²) >= 11 is 0. The Balaban J connectivity index is 2.45. The van der Waals surface area contributed by atoms with Crippen molar-refractivity contribution in [2.24, 2.45) is 0 Å². The van der Waals surface area contributed by atoms with Gasteiger partial charge in [-0.05, 0) is 51.1 Å². The molecule has 0 atom stereocenters. The lowest BCUT2D eigenvalue weighted by molar-refractivity contribution is 0.0696. The maximum Gasteiger partial charge on any atom is 0.335 e. The summed E-state index contributed by atoms with van der Waals surface area (Å²) in [6.45, 7) is 6.41. The molecule has 0 saturated heterocycles. The average molecular weight is 417 g/mol. The Morgan fingerprint density at radius 1 is 0.733 bits per heavy atom. The number of benzene rings is 2. The summed E-state index contributed by atoms with van der Waals surface area (Å²) in [7, 11) is 0. The van der Waals surface area contributed by atoms with Crippen LogP contribution in [-0.4, -0.2) is 47.9 Å². The second-order valence-electron chi connectivity index (χ2n) is 5.96. The molecule has 0 aliphatic rings. The number of hydrogen-bond donors (Lipinski definition) is 3. The topological polar surface area (TPSA) is 131 Å². The first-order valence-corrected chi connectivity index (χ1v) is 9.30. The summed E-state index contributed by atoms with van der Waals surface area (Å²) in [5, 5.41) is 20.9. The lowest BCUT2D eigenvalue weighted by atomic mass is 10.1. The van der Waals surface area contributed by atoms with Crippen LogP contribution in [0.4, 0.5) is 5.69 Å². The van der Waals surface area contributed by atoms with Gasteiger partial charge in [-0.3, -0.25) is 4.79 Å². The minimum Gasteiger partial charge on any atom is -0.490 e. The molecule has 30 heavy (non-hydrogen) atoms. The molecule has 2 aromatic carbocycles. The SMILES string of the molecule is CCOc1cc(C(=O)Nc2cc(C(=O)O)cc(C(=O)O)c2)cc(OCC)c1OCC. The minimum absolute atomic E-state index is 0.0297. The van der Waals surface area contributed by atoms with Crippen LogP contribution in [0.15, 0.2) is 30.3 Å². The van der Waals surface area contributed by atoms with Gasteiger partial charge in [0.1, 0.15) is 0 Å². The Bertz CT molecular complexity index is 895. The van der Waals surface area contributed by atoms with E-state index in [4.69, 9.17) is 14.2 Å². The van der Waals surface area contributed by atoms with E-state index in [1.807, 2.05) is 6.92 Å². The van der Waals surface area contributed by atoms with Crippen LogP contribution < -0.4 is 19.5 Å². The zero-order valence-corrected chi connectivity index (χ0v) is 16.9. The summed E-state index contributed by atoms with van der Waals surface area (Å²) in [6.07, 6.45) is 0. The van der Waals surface area contributed by atoms with Gasteiger partial charge in [-0.1, -0.05) is 0 Å². The molecule has 3 N–H and O–H groups in total. The van der Waals surface area contributed by atoms with E-state index < -0.39 is 17.8 Å². The molecule has 2 aromatic rings. The monoisotopic (exact) mass is 417 g/mol. The Hall–Kier alpha value is -3.75. The Labute approximate surface area is 173 Å². The van der Waals surface area contributed by atoms with E-state index in [0.717, 1.165) is 6.07 Å². The first kappa shape index (κ1) is 22.5. The molecule has 9 heteroatoms. The molecule has 0 saturated carbocycles. The number of hydrogen-bond acceptors (Lipinski definition) is 6. The number of carbonyl (C=O) groups is 3. The van der Waals surface area contributed by atoms with Gasteiger partial charge in [0.25, 0.3) is 5.91 Å². The second kappa shape index (κ2) is 10.1. The van der Waals surface area contributed by atoms with Crippen molar-refractivity contribution in [2.45, 2.75) is 20.8 Å². The molecule has 0 bridgehead atoms. The Kier molecular flexibility index (Phi) is 7.62. The van der Waals surface area contributed by atoms with Crippen molar-refractivity contribution in [2.75, 3.05) is 25.1 Å². The van der Waals surface area contributed by atoms with Crippen molar-refractivity contribution >= 4 is 23.5 Å². The molecule has 1 amide bonds.